The second kappa shape index (κ2) is 22.2. The summed E-state index contributed by atoms with van der Waals surface area (Å²) >= 11 is 0. The van der Waals surface area contributed by atoms with Gasteiger partial charge in [0.05, 0.1) is 11.8 Å². The van der Waals surface area contributed by atoms with Gasteiger partial charge in [0, 0.05) is 5.92 Å². The molecule has 0 saturated carbocycles. The Balaban J connectivity index is 0.00000345. The van der Waals surface area contributed by atoms with Crippen molar-refractivity contribution >= 4 is 11.3 Å². The molecule has 260 valence electrons. The second-order valence-electron chi connectivity index (χ2n) is 12.4. The van der Waals surface area contributed by atoms with E-state index in [1.807, 2.05) is 18.2 Å². The molecule has 0 spiro atoms. The smallest absolute Gasteiger partial charge is 0.0937 e. The Morgan fingerprint density at radius 1 is 0.804 bits per heavy atom. The summed E-state index contributed by atoms with van der Waals surface area (Å²) in [5.41, 5.74) is 10.7. The fraction of sp³-hybridized carbons (Fsp3) is 0.180. The molecule has 3 unspecified atom stereocenters. The third-order valence-electron chi connectivity index (χ3n) is 8.82. The van der Waals surface area contributed by atoms with Gasteiger partial charge >= 0.3 is 0 Å². The number of rotatable bonds is 17. The first kappa shape index (κ1) is 39.9. The van der Waals surface area contributed by atoms with Crippen molar-refractivity contribution in [3.8, 4) is 0 Å². The maximum absolute atomic E-state index is 5.06. The van der Waals surface area contributed by atoms with Gasteiger partial charge in [0.2, 0.25) is 0 Å². The summed E-state index contributed by atoms with van der Waals surface area (Å²) in [7, 11) is 0. The third-order valence-corrected chi connectivity index (χ3v) is 8.82. The van der Waals surface area contributed by atoms with Crippen LogP contribution in [0.25, 0.3) is 5.57 Å². The van der Waals surface area contributed by atoms with E-state index in [0.717, 1.165) is 42.5 Å². The van der Waals surface area contributed by atoms with E-state index < -0.39 is 0 Å². The molecule has 1 aliphatic rings. The van der Waals surface area contributed by atoms with Crippen LogP contribution in [0.1, 0.15) is 68.2 Å². The molecule has 0 amide bonds. The van der Waals surface area contributed by atoms with Gasteiger partial charge < -0.3 is 0 Å². The first-order valence-corrected chi connectivity index (χ1v) is 17.9. The molecule has 0 heterocycles. The minimum Gasteiger partial charge on any atom is -0.273 e. The molecule has 4 rings (SSSR count). The largest absolute Gasteiger partial charge is 0.273 e. The summed E-state index contributed by atoms with van der Waals surface area (Å²) in [5, 5.41) is 0. The average Bonchev–Trinajstić information content (AvgIpc) is 3.18. The lowest BCUT2D eigenvalue weighted by Gasteiger charge is -2.28. The number of benzene rings is 3. The molecule has 0 saturated heterocycles. The van der Waals surface area contributed by atoms with E-state index in [-0.39, 0.29) is 12.0 Å². The normalized spacial score (nSPS) is 16.5. The predicted octanol–water partition coefficient (Wildman–Crippen LogP) is 14.1. The summed E-state index contributed by atoms with van der Waals surface area (Å²) in [6, 6.07) is 31.9. The van der Waals surface area contributed by atoms with Gasteiger partial charge in [-0.15, -0.1) is 19.7 Å². The van der Waals surface area contributed by atoms with Crippen LogP contribution in [-0.2, 0) is 0 Å². The Morgan fingerprint density at radius 2 is 1.41 bits per heavy atom. The number of allylic oxidation sites excluding steroid dienone is 15. The molecule has 1 nitrogen and oxygen atoms in total. The highest BCUT2D eigenvalue weighted by Crippen LogP contribution is 2.43. The minimum atomic E-state index is -0.135. The molecule has 0 radical (unpaired) electrons. The predicted molar refractivity (Wildman–Crippen MR) is 227 cm³/mol. The average molecular weight is 670 g/mol. The van der Waals surface area contributed by atoms with Crippen LogP contribution in [0.3, 0.4) is 0 Å². The fourth-order valence-corrected chi connectivity index (χ4v) is 6.26. The lowest BCUT2D eigenvalue weighted by molar-refractivity contribution is 0.711. The van der Waals surface area contributed by atoms with E-state index in [1.54, 1.807) is 18.2 Å². The van der Waals surface area contributed by atoms with E-state index >= 15 is 0 Å². The maximum Gasteiger partial charge on any atom is 0.0937 e. The Bertz CT molecular complexity index is 1790. The van der Waals surface area contributed by atoms with Crippen LogP contribution >= 0.6 is 0 Å². The van der Waals surface area contributed by atoms with E-state index in [9.17, 15) is 0 Å². The van der Waals surface area contributed by atoms with Gasteiger partial charge in [-0.05, 0) is 82.2 Å². The van der Waals surface area contributed by atoms with E-state index in [0.29, 0.717) is 5.92 Å². The molecule has 0 fully saturated rings. The van der Waals surface area contributed by atoms with Gasteiger partial charge in [-0.3, -0.25) is 4.99 Å². The van der Waals surface area contributed by atoms with Crippen molar-refractivity contribution in [3.63, 3.8) is 0 Å². The van der Waals surface area contributed by atoms with Gasteiger partial charge in [-0.25, -0.2) is 0 Å². The van der Waals surface area contributed by atoms with Crippen LogP contribution in [0, 0.1) is 5.92 Å². The summed E-state index contributed by atoms with van der Waals surface area (Å²) < 4.78 is 0. The van der Waals surface area contributed by atoms with Crippen molar-refractivity contribution in [1.29, 1.82) is 0 Å². The highest BCUT2D eigenvalue weighted by Gasteiger charge is 2.24. The van der Waals surface area contributed by atoms with Crippen LogP contribution in [0.4, 0.5) is 0 Å². The number of hydrogen-bond acceptors (Lipinski definition) is 1. The number of nitrogens with zero attached hydrogens (tertiary/aromatic N) is 1. The van der Waals surface area contributed by atoms with Crippen molar-refractivity contribution < 1.29 is 0 Å². The minimum absolute atomic E-state index is 0.135. The lowest BCUT2D eigenvalue weighted by Crippen LogP contribution is -2.10. The number of hydrogen-bond donors (Lipinski definition) is 0. The first-order valence-electron chi connectivity index (χ1n) is 17.9. The molecular formula is C50H55N. The van der Waals surface area contributed by atoms with Gasteiger partial charge in [0.1, 0.15) is 0 Å². The molecule has 3 aromatic rings. The van der Waals surface area contributed by atoms with Crippen LogP contribution in [0.2, 0.25) is 0 Å². The Hall–Kier alpha value is -5.53. The van der Waals surface area contributed by atoms with Crippen molar-refractivity contribution in [2.75, 3.05) is 0 Å². The van der Waals surface area contributed by atoms with Crippen LogP contribution in [-0.4, -0.2) is 5.71 Å². The molecular weight excluding hydrogens is 615 g/mol. The maximum atomic E-state index is 5.06. The topological polar surface area (TPSA) is 12.4 Å². The highest BCUT2D eigenvalue weighted by molar-refractivity contribution is 6.10. The zero-order valence-electron chi connectivity index (χ0n) is 30.8. The molecule has 0 aromatic heterocycles. The number of unbranched alkanes of at least 4 members (excludes halogenated alkanes) is 1. The van der Waals surface area contributed by atoms with Gasteiger partial charge in [-0.2, -0.15) is 0 Å². The molecule has 1 heteroatoms. The van der Waals surface area contributed by atoms with E-state index in [1.165, 1.54) is 33.4 Å². The van der Waals surface area contributed by atoms with Crippen LogP contribution in [0.15, 0.2) is 225 Å². The monoisotopic (exact) mass is 669 g/mol. The van der Waals surface area contributed by atoms with Crippen LogP contribution in [0.5, 0.6) is 0 Å². The summed E-state index contributed by atoms with van der Waals surface area (Å²) in [6.45, 7) is 26.6. The second-order valence-corrected chi connectivity index (χ2v) is 12.4. The summed E-state index contributed by atoms with van der Waals surface area (Å²) in [6.07, 6.45) is 26.9. The molecule has 0 N–H and O–H groups in total. The molecule has 3 aromatic carbocycles. The quantitative estimate of drug-likeness (QED) is 0.0587. The molecule has 1 aliphatic carbocycles. The lowest BCUT2D eigenvalue weighted by atomic mass is 9.76. The van der Waals surface area contributed by atoms with Crippen molar-refractivity contribution in [1.82, 2.24) is 0 Å². The molecule has 0 bridgehead atoms. The highest BCUT2D eigenvalue weighted by atomic mass is 14.8. The standard InChI is InChI=1S/C48H51N.C2H4/c1-7-24-39(9-3)46(10-4)49-47(41-28-19-14-20-29-41)33-23-12-11-16-30-42(25-8-2)48(43-31-21-15-22-32-43)45-36-37(5)34-35-44(45)38(6)40-26-17-13-18-27-40;1-2/h7-10,13-24,26-33,35-38,47H,1-4,11-12,25,34H2,5-6H3;1-2H2/b30-16-,33-23?,39-24+,48-42+,49-46?;. The summed E-state index contributed by atoms with van der Waals surface area (Å²) in [5.74, 6) is 0.755. The molecule has 3 atom stereocenters. The van der Waals surface area contributed by atoms with Gasteiger partial charge in [-0.1, -0.05) is 185 Å². The van der Waals surface area contributed by atoms with Gasteiger partial charge in [0.25, 0.3) is 0 Å². The van der Waals surface area contributed by atoms with E-state index in [4.69, 9.17) is 4.99 Å². The fourth-order valence-electron chi connectivity index (χ4n) is 6.26. The van der Waals surface area contributed by atoms with Crippen LogP contribution < -0.4 is 0 Å². The molecule has 0 aliphatic heterocycles. The summed E-state index contributed by atoms with van der Waals surface area (Å²) in [4.78, 5) is 5.06. The Kier molecular flexibility index (Phi) is 17.4. The first-order chi connectivity index (χ1) is 25.0. The SMILES string of the molecule is C=C.C=C/C=C(\C=C)C(C=C)=NC(C=CCC/C=C\C(CC=C)=C(\C1=CC(C)CC=C1C(C)c1ccccc1)c1ccccc1)c1ccccc1. The molecule has 51 heavy (non-hydrogen) atoms. The Morgan fingerprint density at radius 3 is 2.00 bits per heavy atom. The number of aliphatic imine (C=N–C) groups is 1. The van der Waals surface area contributed by atoms with Crippen molar-refractivity contribution in [3.05, 3.63) is 236 Å². The Labute approximate surface area is 309 Å². The zero-order valence-corrected chi connectivity index (χ0v) is 30.8. The third kappa shape index (κ3) is 11.8. The van der Waals surface area contributed by atoms with Crippen molar-refractivity contribution in [2.24, 2.45) is 10.9 Å². The van der Waals surface area contributed by atoms with Gasteiger partial charge in [0.15, 0.2) is 0 Å². The zero-order chi connectivity index (χ0) is 36.8. The van der Waals surface area contributed by atoms with E-state index in [2.05, 4.69) is 175 Å². The van der Waals surface area contributed by atoms with Crippen molar-refractivity contribution in [2.45, 2.75) is 51.5 Å².